The van der Waals surface area contributed by atoms with E-state index in [4.69, 9.17) is 15.2 Å². The molecule has 3 aliphatic rings. The second-order valence-electron chi connectivity index (χ2n) is 5.02. The number of rotatable bonds is 0. The van der Waals surface area contributed by atoms with Crippen LogP contribution in [0.4, 0.5) is 0 Å². The van der Waals surface area contributed by atoms with Crippen molar-refractivity contribution in [3.8, 4) is 5.75 Å². The fourth-order valence-corrected chi connectivity index (χ4v) is 3.03. The summed E-state index contributed by atoms with van der Waals surface area (Å²) in [5.41, 5.74) is 7.38. The largest absolute Gasteiger partial charge is 0.457 e. The van der Waals surface area contributed by atoms with Crippen LogP contribution in [0.2, 0.25) is 0 Å². The van der Waals surface area contributed by atoms with Crippen LogP contribution in [0, 0.1) is 0 Å². The van der Waals surface area contributed by atoms with Gasteiger partial charge in [0, 0.05) is 11.1 Å². The standard InChI is InChI=1S/C16H14N2O2/c17-15-18-16(9-10-19-15)11-5-1-3-7-13(11)20-14-8-4-2-6-12(14)16/h1,3-5,7-10H,2,6H2,(H2,17,18). The number of fused-ring (bicyclic) bond motifs is 3. The molecule has 1 atom stereocenters. The van der Waals surface area contributed by atoms with Gasteiger partial charge in [0.1, 0.15) is 17.0 Å². The van der Waals surface area contributed by atoms with E-state index in [1.165, 1.54) is 0 Å². The third-order valence-corrected chi connectivity index (χ3v) is 3.89. The van der Waals surface area contributed by atoms with E-state index in [0.717, 1.165) is 35.5 Å². The van der Waals surface area contributed by atoms with Gasteiger partial charge in [0.25, 0.3) is 6.02 Å². The van der Waals surface area contributed by atoms with Crippen molar-refractivity contribution < 1.29 is 9.47 Å². The first-order valence-electron chi connectivity index (χ1n) is 6.67. The van der Waals surface area contributed by atoms with Crippen LogP contribution in [0.25, 0.3) is 0 Å². The van der Waals surface area contributed by atoms with Gasteiger partial charge in [-0.15, -0.1) is 0 Å². The second-order valence-corrected chi connectivity index (χ2v) is 5.02. The van der Waals surface area contributed by atoms with Crippen molar-refractivity contribution in [3.63, 3.8) is 0 Å². The molecule has 2 heterocycles. The molecule has 0 amide bonds. The summed E-state index contributed by atoms with van der Waals surface area (Å²) in [4.78, 5) is 4.61. The molecule has 0 saturated carbocycles. The SMILES string of the molecule is NC1=NC2(C=CO1)C1=C(C=CCC1)Oc1ccccc12. The van der Waals surface area contributed by atoms with Crippen molar-refractivity contribution in [3.05, 3.63) is 65.7 Å². The molecular formula is C16H14N2O2. The summed E-state index contributed by atoms with van der Waals surface area (Å²) in [5.74, 6) is 1.69. The third kappa shape index (κ3) is 1.45. The van der Waals surface area contributed by atoms with Crippen LogP contribution in [0.1, 0.15) is 18.4 Å². The third-order valence-electron chi connectivity index (χ3n) is 3.89. The fraction of sp³-hybridized carbons (Fsp3) is 0.188. The van der Waals surface area contributed by atoms with Gasteiger partial charge < -0.3 is 15.2 Å². The van der Waals surface area contributed by atoms with Gasteiger partial charge in [0.2, 0.25) is 0 Å². The molecule has 0 fully saturated rings. The average Bonchev–Trinajstić information content (AvgIpc) is 2.48. The maximum atomic E-state index is 6.01. The fourth-order valence-electron chi connectivity index (χ4n) is 3.03. The Morgan fingerprint density at radius 1 is 1.25 bits per heavy atom. The zero-order valence-electron chi connectivity index (χ0n) is 10.9. The number of nitrogens with two attached hydrogens (primary N) is 1. The van der Waals surface area contributed by atoms with E-state index in [-0.39, 0.29) is 6.02 Å². The van der Waals surface area contributed by atoms with Gasteiger partial charge in [-0.3, -0.25) is 0 Å². The summed E-state index contributed by atoms with van der Waals surface area (Å²) in [5, 5.41) is 0. The minimum atomic E-state index is -0.586. The van der Waals surface area contributed by atoms with E-state index in [1.54, 1.807) is 6.26 Å². The minimum absolute atomic E-state index is 0.186. The summed E-state index contributed by atoms with van der Waals surface area (Å²) in [6.45, 7) is 0. The zero-order chi connectivity index (χ0) is 13.6. The Hall–Kier alpha value is -2.49. The highest BCUT2D eigenvalue weighted by atomic mass is 16.5. The molecule has 0 bridgehead atoms. The number of allylic oxidation sites excluding steroid dienone is 2. The lowest BCUT2D eigenvalue weighted by Gasteiger charge is -2.38. The van der Waals surface area contributed by atoms with E-state index < -0.39 is 5.54 Å². The lowest BCUT2D eigenvalue weighted by Crippen LogP contribution is -2.36. The highest BCUT2D eigenvalue weighted by molar-refractivity contribution is 5.76. The van der Waals surface area contributed by atoms with Crippen molar-refractivity contribution in [2.75, 3.05) is 0 Å². The van der Waals surface area contributed by atoms with E-state index in [2.05, 4.69) is 11.1 Å². The molecule has 4 heteroatoms. The molecule has 1 aromatic rings. The Kier molecular flexibility index (Phi) is 2.27. The molecule has 4 rings (SSSR count). The molecule has 2 aliphatic heterocycles. The lowest BCUT2D eigenvalue weighted by molar-refractivity contribution is 0.358. The zero-order valence-corrected chi connectivity index (χ0v) is 10.9. The Labute approximate surface area is 116 Å². The molecule has 0 radical (unpaired) electrons. The van der Waals surface area contributed by atoms with Crippen LogP contribution in [-0.4, -0.2) is 6.02 Å². The Morgan fingerprint density at radius 3 is 3.05 bits per heavy atom. The molecule has 1 unspecified atom stereocenters. The van der Waals surface area contributed by atoms with Crippen molar-refractivity contribution in [1.29, 1.82) is 0 Å². The van der Waals surface area contributed by atoms with Gasteiger partial charge in [-0.05, 0) is 31.1 Å². The van der Waals surface area contributed by atoms with Crippen molar-refractivity contribution >= 4 is 6.02 Å². The monoisotopic (exact) mass is 266 g/mol. The van der Waals surface area contributed by atoms with E-state index in [0.29, 0.717) is 0 Å². The number of amidine groups is 1. The second kappa shape index (κ2) is 4.00. The van der Waals surface area contributed by atoms with Gasteiger partial charge in [0.15, 0.2) is 0 Å². The van der Waals surface area contributed by atoms with Gasteiger partial charge in [-0.1, -0.05) is 24.3 Å². The molecular weight excluding hydrogens is 252 g/mol. The Bertz CT molecular complexity index is 700. The van der Waals surface area contributed by atoms with Crippen molar-refractivity contribution in [2.45, 2.75) is 18.4 Å². The molecule has 0 aromatic heterocycles. The van der Waals surface area contributed by atoms with E-state index in [1.807, 2.05) is 36.4 Å². The number of hydrogen-bond donors (Lipinski definition) is 1. The van der Waals surface area contributed by atoms with E-state index in [9.17, 15) is 0 Å². The van der Waals surface area contributed by atoms with Crippen LogP contribution >= 0.6 is 0 Å². The number of aliphatic imine (C=N–C) groups is 1. The van der Waals surface area contributed by atoms with Crippen LogP contribution in [0.5, 0.6) is 5.75 Å². The highest BCUT2D eigenvalue weighted by Gasteiger charge is 2.43. The minimum Gasteiger partial charge on any atom is -0.457 e. The number of para-hydroxylation sites is 1. The summed E-state index contributed by atoms with van der Waals surface area (Å²) >= 11 is 0. The summed E-state index contributed by atoms with van der Waals surface area (Å²) in [7, 11) is 0. The normalized spacial score (nSPS) is 26.5. The quantitative estimate of drug-likeness (QED) is 0.785. The first-order chi connectivity index (χ1) is 9.79. The van der Waals surface area contributed by atoms with E-state index >= 15 is 0 Å². The van der Waals surface area contributed by atoms with Crippen molar-refractivity contribution in [1.82, 2.24) is 0 Å². The molecule has 100 valence electrons. The average molecular weight is 266 g/mol. The highest BCUT2D eigenvalue weighted by Crippen LogP contribution is 2.49. The molecule has 20 heavy (non-hydrogen) atoms. The number of nitrogens with zero attached hydrogens (tertiary/aromatic N) is 1. The van der Waals surface area contributed by atoms with Crippen LogP contribution in [0.3, 0.4) is 0 Å². The molecule has 1 aromatic carbocycles. The molecule has 2 N–H and O–H groups in total. The van der Waals surface area contributed by atoms with Gasteiger partial charge in [-0.25, -0.2) is 4.99 Å². The molecule has 1 aliphatic carbocycles. The molecule has 1 spiro atoms. The van der Waals surface area contributed by atoms with Crippen LogP contribution in [-0.2, 0) is 10.3 Å². The van der Waals surface area contributed by atoms with Gasteiger partial charge in [0.05, 0.1) is 6.26 Å². The Balaban J connectivity index is 2.02. The van der Waals surface area contributed by atoms with Crippen LogP contribution in [0.15, 0.2) is 65.1 Å². The lowest BCUT2D eigenvalue weighted by atomic mass is 9.76. The summed E-state index contributed by atoms with van der Waals surface area (Å²) in [6.07, 6.45) is 9.60. The van der Waals surface area contributed by atoms with Gasteiger partial charge in [-0.2, -0.15) is 0 Å². The summed E-state index contributed by atoms with van der Waals surface area (Å²) in [6, 6.07) is 8.12. The number of ether oxygens (including phenoxy) is 2. The number of benzene rings is 1. The maximum absolute atomic E-state index is 6.01. The summed E-state index contributed by atoms with van der Waals surface area (Å²) < 4.78 is 11.2. The first kappa shape index (κ1) is 11.3. The smallest absolute Gasteiger partial charge is 0.288 e. The first-order valence-corrected chi connectivity index (χ1v) is 6.67. The van der Waals surface area contributed by atoms with Crippen LogP contribution < -0.4 is 10.5 Å². The molecule has 4 nitrogen and oxygen atoms in total. The topological polar surface area (TPSA) is 56.8 Å². The molecule has 0 saturated heterocycles. The maximum Gasteiger partial charge on any atom is 0.288 e. The Morgan fingerprint density at radius 2 is 2.15 bits per heavy atom. The predicted molar refractivity (Wildman–Crippen MR) is 76.0 cm³/mol. The predicted octanol–water partition coefficient (Wildman–Crippen LogP) is 2.74. The number of hydrogen-bond acceptors (Lipinski definition) is 4. The van der Waals surface area contributed by atoms with Gasteiger partial charge >= 0.3 is 0 Å². The van der Waals surface area contributed by atoms with Crippen molar-refractivity contribution in [2.24, 2.45) is 10.7 Å².